The molecule has 0 spiro atoms. The highest BCUT2D eigenvalue weighted by Gasteiger charge is 2.27. The van der Waals surface area contributed by atoms with Gasteiger partial charge in [-0.1, -0.05) is 30.3 Å². The van der Waals surface area contributed by atoms with Crippen molar-refractivity contribution in [2.45, 2.75) is 25.3 Å². The van der Waals surface area contributed by atoms with Gasteiger partial charge in [0.25, 0.3) is 0 Å². The monoisotopic (exact) mass is 420 g/mol. The molecule has 0 aliphatic heterocycles. The molecule has 0 fully saturated rings. The second kappa shape index (κ2) is 10.9. The fourth-order valence-corrected chi connectivity index (χ4v) is 4.24. The van der Waals surface area contributed by atoms with Gasteiger partial charge in [0.05, 0.1) is 24.7 Å². The molecule has 0 aliphatic carbocycles. The predicted molar refractivity (Wildman–Crippen MR) is 111 cm³/mol. The molecule has 0 unspecified atom stereocenters. The molecule has 0 saturated heterocycles. The van der Waals surface area contributed by atoms with Gasteiger partial charge in [0.1, 0.15) is 5.75 Å². The Kier molecular flexibility index (Phi) is 8.63. The molecule has 0 aromatic heterocycles. The quantitative estimate of drug-likeness (QED) is 0.564. The molecule has 1 N–H and O–H groups in total. The van der Waals surface area contributed by atoms with Crippen LogP contribution in [0.15, 0.2) is 53.4 Å². The minimum absolute atomic E-state index is 0.0904. The second-order valence-corrected chi connectivity index (χ2v) is 8.40. The van der Waals surface area contributed by atoms with Gasteiger partial charge in [0, 0.05) is 20.2 Å². The number of sulfonamides is 1. The highest BCUT2D eigenvalue weighted by Crippen LogP contribution is 2.25. The number of aryl methyl sites for hydroxylation is 1. The minimum atomic E-state index is -3.89. The summed E-state index contributed by atoms with van der Waals surface area (Å²) < 4.78 is 38.2. The number of rotatable bonds is 11. The fraction of sp³-hybridized carbons (Fsp3) is 0.381. The first-order valence-electron chi connectivity index (χ1n) is 9.41. The maximum atomic E-state index is 13.3. The van der Waals surface area contributed by atoms with E-state index in [1.807, 2.05) is 37.3 Å². The molecular weight excluding hydrogens is 392 g/mol. The third-order valence-corrected chi connectivity index (χ3v) is 6.02. The molecular formula is C21H28N2O5S. The van der Waals surface area contributed by atoms with Crippen molar-refractivity contribution in [2.75, 3.05) is 33.4 Å². The molecule has 0 saturated carbocycles. The van der Waals surface area contributed by atoms with E-state index >= 15 is 0 Å². The zero-order valence-corrected chi connectivity index (χ0v) is 17.9. The molecule has 2 aromatic rings. The number of hydrogen-bond donors (Lipinski definition) is 1. The summed E-state index contributed by atoms with van der Waals surface area (Å²) in [5.41, 5.74) is 1.51. The number of nitrogens with one attached hydrogen (secondary N) is 1. The van der Waals surface area contributed by atoms with Crippen LogP contribution in [0.3, 0.4) is 0 Å². The van der Waals surface area contributed by atoms with E-state index in [-0.39, 0.29) is 23.9 Å². The molecule has 0 bridgehead atoms. The van der Waals surface area contributed by atoms with Crippen LogP contribution in [0.1, 0.15) is 18.1 Å². The number of carbonyl (C=O) groups excluding carboxylic acids is 1. The van der Waals surface area contributed by atoms with Gasteiger partial charge in [-0.15, -0.1) is 0 Å². The third-order valence-electron chi connectivity index (χ3n) is 4.23. The largest absolute Gasteiger partial charge is 0.494 e. The standard InChI is InChI=1S/C21H28N2O5S/c1-4-28-20-11-10-19(14-17(20)2)29(25,26)23(15-18-8-6-5-7-9-18)16-21(24)22-12-13-27-3/h5-11,14H,4,12-13,15-16H2,1-3H3,(H,22,24). The fourth-order valence-electron chi connectivity index (χ4n) is 2.77. The maximum absolute atomic E-state index is 13.3. The molecule has 2 rings (SSSR count). The van der Waals surface area contributed by atoms with Crippen LogP contribution in [0.25, 0.3) is 0 Å². The molecule has 29 heavy (non-hydrogen) atoms. The van der Waals surface area contributed by atoms with Gasteiger partial charge in [-0.2, -0.15) is 4.31 Å². The first-order valence-corrected chi connectivity index (χ1v) is 10.9. The van der Waals surface area contributed by atoms with Crippen LogP contribution in [-0.2, 0) is 26.1 Å². The predicted octanol–water partition coefficient (Wildman–Crippen LogP) is 2.35. The van der Waals surface area contributed by atoms with E-state index in [4.69, 9.17) is 9.47 Å². The lowest BCUT2D eigenvalue weighted by Crippen LogP contribution is -2.41. The zero-order valence-electron chi connectivity index (χ0n) is 17.1. The lowest BCUT2D eigenvalue weighted by Gasteiger charge is -2.22. The minimum Gasteiger partial charge on any atom is -0.494 e. The van der Waals surface area contributed by atoms with Gasteiger partial charge in [0.2, 0.25) is 15.9 Å². The summed E-state index contributed by atoms with van der Waals surface area (Å²) in [5, 5.41) is 2.67. The van der Waals surface area contributed by atoms with Crippen LogP contribution in [0, 0.1) is 6.92 Å². The second-order valence-electron chi connectivity index (χ2n) is 6.46. The van der Waals surface area contributed by atoms with Crippen molar-refractivity contribution in [1.82, 2.24) is 9.62 Å². The summed E-state index contributed by atoms with van der Waals surface area (Å²) in [5.74, 6) is 0.252. The maximum Gasteiger partial charge on any atom is 0.243 e. The molecule has 158 valence electrons. The van der Waals surface area contributed by atoms with E-state index in [9.17, 15) is 13.2 Å². The number of methoxy groups -OCH3 is 1. The molecule has 0 aliphatic rings. The smallest absolute Gasteiger partial charge is 0.243 e. The van der Waals surface area contributed by atoms with Crippen LogP contribution in [0.5, 0.6) is 5.75 Å². The van der Waals surface area contributed by atoms with Crippen molar-refractivity contribution in [1.29, 1.82) is 0 Å². The van der Waals surface area contributed by atoms with E-state index in [0.717, 1.165) is 11.1 Å². The van der Waals surface area contributed by atoms with Crippen molar-refractivity contribution in [3.8, 4) is 5.75 Å². The average Bonchev–Trinajstić information content (AvgIpc) is 2.70. The summed E-state index contributed by atoms with van der Waals surface area (Å²) in [6.07, 6.45) is 0. The summed E-state index contributed by atoms with van der Waals surface area (Å²) in [6, 6.07) is 13.9. The SMILES string of the molecule is CCOc1ccc(S(=O)(=O)N(CC(=O)NCCOC)Cc2ccccc2)cc1C. The Balaban J connectivity index is 2.29. The number of nitrogens with zero attached hydrogens (tertiary/aromatic N) is 1. The van der Waals surface area contributed by atoms with E-state index in [2.05, 4.69) is 5.32 Å². The van der Waals surface area contributed by atoms with E-state index < -0.39 is 10.0 Å². The summed E-state index contributed by atoms with van der Waals surface area (Å²) in [7, 11) is -2.36. The number of amides is 1. The third kappa shape index (κ3) is 6.56. The summed E-state index contributed by atoms with van der Waals surface area (Å²) >= 11 is 0. The Morgan fingerprint density at radius 1 is 1.14 bits per heavy atom. The number of hydrogen-bond acceptors (Lipinski definition) is 5. The molecule has 1 amide bonds. The highest BCUT2D eigenvalue weighted by atomic mass is 32.2. The van der Waals surface area contributed by atoms with Crippen molar-refractivity contribution < 1.29 is 22.7 Å². The number of ether oxygens (including phenoxy) is 2. The van der Waals surface area contributed by atoms with E-state index in [1.54, 1.807) is 19.1 Å². The van der Waals surface area contributed by atoms with E-state index in [0.29, 0.717) is 25.5 Å². The van der Waals surface area contributed by atoms with Crippen LogP contribution in [-0.4, -0.2) is 52.0 Å². The van der Waals surface area contributed by atoms with Gasteiger partial charge in [0.15, 0.2) is 0 Å². The molecule has 0 heterocycles. The molecule has 7 nitrogen and oxygen atoms in total. The Morgan fingerprint density at radius 2 is 1.86 bits per heavy atom. The van der Waals surface area contributed by atoms with E-state index in [1.165, 1.54) is 17.5 Å². The highest BCUT2D eigenvalue weighted by molar-refractivity contribution is 7.89. The Morgan fingerprint density at radius 3 is 2.48 bits per heavy atom. The molecule has 2 aromatic carbocycles. The first kappa shape index (κ1) is 22.9. The lowest BCUT2D eigenvalue weighted by atomic mass is 10.2. The molecule has 0 atom stereocenters. The summed E-state index contributed by atoms with van der Waals surface area (Å²) in [4.78, 5) is 12.4. The number of benzene rings is 2. The van der Waals surface area contributed by atoms with Gasteiger partial charge in [-0.25, -0.2) is 8.42 Å². The van der Waals surface area contributed by atoms with Gasteiger partial charge in [-0.3, -0.25) is 4.79 Å². The zero-order chi connectivity index (χ0) is 21.3. The van der Waals surface area contributed by atoms with Crippen LogP contribution < -0.4 is 10.1 Å². The van der Waals surface area contributed by atoms with Crippen LogP contribution >= 0.6 is 0 Å². The van der Waals surface area contributed by atoms with Crippen molar-refractivity contribution in [2.24, 2.45) is 0 Å². The van der Waals surface area contributed by atoms with Crippen molar-refractivity contribution in [3.05, 3.63) is 59.7 Å². The van der Waals surface area contributed by atoms with Gasteiger partial charge in [-0.05, 0) is 43.2 Å². The average molecular weight is 421 g/mol. The van der Waals surface area contributed by atoms with Crippen LogP contribution in [0.2, 0.25) is 0 Å². The number of carbonyl (C=O) groups is 1. The Labute approximate surface area is 172 Å². The van der Waals surface area contributed by atoms with Crippen LogP contribution in [0.4, 0.5) is 0 Å². The normalized spacial score (nSPS) is 11.4. The van der Waals surface area contributed by atoms with Crippen molar-refractivity contribution >= 4 is 15.9 Å². The molecule has 0 radical (unpaired) electrons. The Bertz CT molecular complexity index is 901. The summed E-state index contributed by atoms with van der Waals surface area (Å²) in [6.45, 7) is 4.64. The Hall–Kier alpha value is -2.42. The topological polar surface area (TPSA) is 84.9 Å². The first-order chi connectivity index (χ1) is 13.9. The molecule has 8 heteroatoms. The van der Waals surface area contributed by atoms with Crippen molar-refractivity contribution in [3.63, 3.8) is 0 Å². The van der Waals surface area contributed by atoms with Gasteiger partial charge < -0.3 is 14.8 Å². The van der Waals surface area contributed by atoms with Gasteiger partial charge >= 0.3 is 0 Å². The lowest BCUT2D eigenvalue weighted by molar-refractivity contribution is -0.121.